The van der Waals surface area contributed by atoms with E-state index < -0.39 is 11.7 Å². The standard InChI is InChI=1S/C15H15ClFN3O2/c16-11-2-1-3-12(17)14(11)15(22)20-8-5-10(6-9-20)19-13(21)4-7-18/h1-3,10H,4-6,8-9H2,(H,19,21). The second-order valence-corrected chi connectivity index (χ2v) is 5.47. The van der Waals surface area contributed by atoms with Gasteiger partial charge >= 0.3 is 0 Å². The number of amides is 2. The van der Waals surface area contributed by atoms with Crippen LogP contribution in [0.15, 0.2) is 18.2 Å². The number of nitriles is 1. The molecular formula is C15H15ClFN3O2. The summed E-state index contributed by atoms with van der Waals surface area (Å²) in [5.41, 5.74) is -0.115. The van der Waals surface area contributed by atoms with Crippen molar-refractivity contribution in [2.75, 3.05) is 13.1 Å². The number of hydrogen-bond donors (Lipinski definition) is 1. The summed E-state index contributed by atoms with van der Waals surface area (Å²) in [7, 11) is 0. The normalized spacial score (nSPS) is 15.2. The zero-order valence-corrected chi connectivity index (χ0v) is 12.6. The maximum Gasteiger partial charge on any atom is 0.258 e. The van der Waals surface area contributed by atoms with Crippen LogP contribution in [0, 0.1) is 17.1 Å². The highest BCUT2D eigenvalue weighted by Crippen LogP contribution is 2.22. The molecule has 0 bridgehead atoms. The van der Waals surface area contributed by atoms with Gasteiger partial charge in [0.2, 0.25) is 5.91 Å². The number of rotatable bonds is 3. The fraction of sp³-hybridized carbons (Fsp3) is 0.400. The zero-order valence-electron chi connectivity index (χ0n) is 11.8. The van der Waals surface area contributed by atoms with E-state index in [4.69, 9.17) is 16.9 Å². The molecular weight excluding hydrogens is 309 g/mol. The zero-order chi connectivity index (χ0) is 16.1. The molecule has 0 aliphatic carbocycles. The van der Waals surface area contributed by atoms with Gasteiger partial charge in [0.05, 0.1) is 16.7 Å². The number of halogens is 2. The third-order valence-corrected chi connectivity index (χ3v) is 3.88. The molecule has 116 valence electrons. The second-order valence-electron chi connectivity index (χ2n) is 5.07. The molecule has 1 aliphatic rings. The lowest BCUT2D eigenvalue weighted by molar-refractivity contribution is -0.121. The summed E-state index contributed by atoms with van der Waals surface area (Å²) >= 11 is 5.90. The van der Waals surface area contributed by atoms with Crippen molar-refractivity contribution in [1.29, 1.82) is 5.26 Å². The molecule has 0 unspecified atom stereocenters. The number of nitrogens with zero attached hydrogens (tertiary/aromatic N) is 2. The van der Waals surface area contributed by atoms with Gasteiger partial charge in [0, 0.05) is 19.1 Å². The number of carbonyl (C=O) groups excluding carboxylic acids is 2. The Kier molecular flexibility index (Phi) is 5.34. The predicted octanol–water partition coefficient (Wildman–Crippen LogP) is 2.11. The molecule has 1 aromatic carbocycles. The van der Waals surface area contributed by atoms with Crippen LogP contribution in [0.2, 0.25) is 5.02 Å². The van der Waals surface area contributed by atoms with Crippen LogP contribution in [0.5, 0.6) is 0 Å². The SMILES string of the molecule is N#CCC(=O)NC1CCN(C(=O)c2c(F)cccc2Cl)CC1. The summed E-state index contributed by atoms with van der Waals surface area (Å²) in [5, 5.41) is 11.3. The van der Waals surface area contributed by atoms with E-state index in [1.165, 1.54) is 23.1 Å². The van der Waals surface area contributed by atoms with Crippen molar-refractivity contribution in [2.24, 2.45) is 0 Å². The molecule has 0 radical (unpaired) electrons. The highest BCUT2D eigenvalue weighted by molar-refractivity contribution is 6.33. The summed E-state index contributed by atoms with van der Waals surface area (Å²) in [6.07, 6.45) is 0.952. The molecule has 0 aromatic heterocycles. The van der Waals surface area contributed by atoms with Gasteiger partial charge in [-0.15, -0.1) is 0 Å². The molecule has 2 rings (SSSR count). The lowest BCUT2D eigenvalue weighted by Gasteiger charge is -2.32. The molecule has 1 aromatic rings. The van der Waals surface area contributed by atoms with E-state index in [1.54, 1.807) is 6.07 Å². The first kappa shape index (κ1) is 16.2. The first-order chi connectivity index (χ1) is 10.5. The van der Waals surface area contributed by atoms with E-state index in [2.05, 4.69) is 5.32 Å². The van der Waals surface area contributed by atoms with Crippen molar-refractivity contribution in [2.45, 2.75) is 25.3 Å². The smallest absolute Gasteiger partial charge is 0.258 e. The van der Waals surface area contributed by atoms with Crippen molar-refractivity contribution < 1.29 is 14.0 Å². The number of carbonyl (C=O) groups is 2. The van der Waals surface area contributed by atoms with Gasteiger partial charge in [0.25, 0.3) is 5.91 Å². The van der Waals surface area contributed by atoms with Gasteiger partial charge in [-0.2, -0.15) is 5.26 Å². The molecule has 1 heterocycles. The first-order valence-electron chi connectivity index (χ1n) is 6.92. The van der Waals surface area contributed by atoms with Crippen molar-refractivity contribution >= 4 is 23.4 Å². The van der Waals surface area contributed by atoms with Gasteiger partial charge in [-0.25, -0.2) is 4.39 Å². The fourth-order valence-electron chi connectivity index (χ4n) is 2.44. The molecule has 5 nitrogen and oxygen atoms in total. The largest absolute Gasteiger partial charge is 0.352 e. The summed E-state index contributed by atoms with van der Waals surface area (Å²) in [6.45, 7) is 0.808. The molecule has 1 saturated heterocycles. The lowest BCUT2D eigenvalue weighted by atomic mass is 10.0. The Bertz CT molecular complexity index is 601. The van der Waals surface area contributed by atoms with Crippen LogP contribution in [-0.2, 0) is 4.79 Å². The number of piperidine rings is 1. The van der Waals surface area contributed by atoms with Crippen LogP contribution in [0.3, 0.4) is 0 Å². The Labute approximate surface area is 132 Å². The third kappa shape index (κ3) is 3.74. The van der Waals surface area contributed by atoms with E-state index in [0.717, 1.165) is 0 Å². The topological polar surface area (TPSA) is 73.2 Å². The average molecular weight is 324 g/mol. The maximum absolute atomic E-state index is 13.8. The average Bonchev–Trinajstić information content (AvgIpc) is 2.48. The van der Waals surface area contributed by atoms with Crippen LogP contribution in [0.4, 0.5) is 4.39 Å². The molecule has 0 saturated carbocycles. The van der Waals surface area contributed by atoms with Crippen LogP contribution >= 0.6 is 11.6 Å². The Balaban J connectivity index is 1.96. The first-order valence-corrected chi connectivity index (χ1v) is 7.30. The maximum atomic E-state index is 13.8. The van der Waals surface area contributed by atoms with Gasteiger partial charge < -0.3 is 10.2 Å². The quantitative estimate of drug-likeness (QED) is 0.926. The minimum atomic E-state index is -0.637. The predicted molar refractivity (Wildman–Crippen MR) is 78.7 cm³/mol. The number of nitrogens with one attached hydrogen (secondary N) is 1. The van der Waals surface area contributed by atoms with Gasteiger partial charge in [-0.3, -0.25) is 9.59 Å². The van der Waals surface area contributed by atoms with Gasteiger partial charge in [0.1, 0.15) is 12.2 Å². The van der Waals surface area contributed by atoms with Crippen LogP contribution in [0.1, 0.15) is 29.6 Å². The molecule has 7 heteroatoms. The summed E-state index contributed by atoms with van der Waals surface area (Å²) in [5.74, 6) is -1.39. The van der Waals surface area contributed by atoms with Crippen LogP contribution in [-0.4, -0.2) is 35.8 Å². The number of likely N-dealkylation sites (tertiary alicyclic amines) is 1. The van der Waals surface area contributed by atoms with Crippen molar-refractivity contribution in [1.82, 2.24) is 10.2 Å². The Hall–Kier alpha value is -2.13. The molecule has 0 atom stereocenters. The van der Waals surface area contributed by atoms with Crippen LogP contribution in [0.25, 0.3) is 0 Å². The fourth-order valence-corrected chi connectivity index (χ4v) is 2.68. The second kappa shape index (κ2) is 7.23. The van der Waals surface area contributed by atoms with Gasteiger partial charge in [0.15, 0.2) is 0 Å². The molecule has 0 spiro atoms. The summed E-state index contributed by atoms with van der Waals surface area (Å²) < 4.78 is 13.8. The van der Waals surface area contributed by atoms with Crippen molar-refractivity contribution in [3.63, 3.8) is 0 Å². The van der Waals surface area contributed by atoms with Crippen molar-refractivity contribution in [3.05, 3.63) is 34.6 Å². The molecule has 1 N–H and O–H groups in total. The summed E-state index contributed by atoms with van der Waals surface area (Å²) in [4.78, 5) is 25.2. The summed E-state index contributed by atoms with van der Waals surface area (Å²) in [6, 6.07) is 5.85. The van der Waals surface area contributed by atoms with Crippen LogP contribution < -0.4 is 5.32 Å². The lowest BCUT2D eigenvalue weighted by Crippen LogP contribution is -2.46. The van der Waals surface area contributed by atoms with E-state index in [9.17, 15) is 14.0 Å². The Morgan fingerprint density at radius 3 is 2.68 bits per heavy atom. The number of hydrogen-bond acceptors (Lipinski definition) is 3. The third-order valence-electron chi connectivity index (χ3n) is 3.56. The highest BCUT2D eigenvalue weighted by atomic mass is 35.5. The van der Waals surface area contributed by atoms with E-state index in [0.29, 0.717) is 25.9 Å². The molecule has 1 aliphatic heterocycles. The monoisotopic (exact) mass is 323 g/mol. The van der Waals surface area contributed by atoms with E-state index >= 15 is 0 Å². The van der Waals surface area contributed by atoms with E-state index in [1.807, 2.05) is 0 Å². The minimum absolute atomic E-state index is 0.0685. The molecule has 2 amide bonds. The highest BCUT2D eigenvalue weighted by Gasteiger charge is 2.27. The molecule has 1 fully saturated rings. The number of benzene rings is 1. The van der Waals surface area contributed by atoms with E-state index in [-0.39, 0.29) is 29.0 Å². The Morgan fingerprint density at radius 1 is 1.41 bits per heavy atom. The molecule has 22 heavy (non-hydrogen) atoms. The van der Waals surface area contributed by atoms with Crippen molar-refractivity contribution in [3.8, 4) is 6.07 Å². The Morgan fingerprint density at radius 2 is 2.09 bits per heavy atom. The minimum Gasteiger partial charge on any atom is -0.352 e. The van der Waals surface area contributed by atoms with Gasteiger partial charge in [-0.05, 0) is 25.0 Å². The van der Waals surface area contributed by atoms with Gasteiger partial charge in [-0.1, -0.05) is 17.7 Å².